The van der Waals surface area contributed by atoms with Crippen LogP contribution in [0.15, 0.2) is 71.2 Å². The molecule has 0 aliphatic heterocycles. The van der Waals surface area contributed by atoms with Crippen molar-refractivity contribution in [3.63, 3.8) is 0 Å². The van der Waals surface area contributed by atoms with Gasteiger partial charge in [0.1, 0.15) is 10.6 Å². The molecule has 4 rings (SSSR count). The maximum Gasteiger partial charge on any atom is 0.341 e. The summed E-state index contributed by atoms with van der Waals surface area (Å²) in [6.45, 7) is 1.99. The van der Waals surface area contributed by atoms with E-state index in [4.69, 9.17) is 4.74 Å². The molecular weight excluding hydrogens is 446 g/mol. The van der Waals surface area contributed by atoms with E-state index in [-0.39, 0.29) is 18.3 Å². The molecule has 4 aromatic rings. The molecule has 2 heterocycles. The van der Waals surface area contributed by atoms with E-state index in [0.717, 1.165) is 16.8 Å². The van der Waals surface area contributed by atoms with Gasteiger partial charge in [-0.15, -0.1) is 16.4 Å². The first-order chi connectivity index (χ1) is 15.7. The number of esters is 1. The Morgan fingerprint density at radius 2 is 1.81 bits per heavy atom. The first kappa shape index (κ1) is 21.7. The van der Waals surface area contributed by atoms with Gasteiger partial charge in [-0.25, -0.2) is 4.79 Å². The zero-order chi connectivity index (χ0) is 22.3. The van der Waals surface area contributed by atoms with Crippen molar-refractivity contribution in [2.75, 3.05) is 17.7 Å². The molecule has 2 aromatic heterocycles. The predicted octanol–water partition coefficient (Wildman–Crippen LogP) is 4.30. The summed E-state index contributed by atoms with van der Waals surface area (Å²) in [7, 11) is 0. The van der Waals surface area contributed by atoms with Crippen LogP contribution in [0.3, 0.4) is 0 Å². The molecule has 32 heavy (non-hydrogen) atoms. The van der Waals surface area contributed by atoms with Gasteiger partial charge in [0.25, 0.3) is 0 Å². The van der Waals surface area contributed by atoms with Gasteiger partial charge in [-0.2, -0.15) is 4.68 Å². The Morgan fingerprint density at radius 3 is 2.53 bits per heavy atom. The van der Waals surface area contributed by atoms with Crippen LogP contribution in [0.2, 0.25) is 0 Å². The van der Waals surface area contributed by atoms with Crippen LogP contribution in [-0.2, 0) is 9.53 Å². The second-order valence-electron chi connectivity index (χ2n) is 6.49. The lowest BCUT2D eigenvalue weighted by Gasteiger charge is -2.09. The first-order valence-corrected chi connectivity index (χ1v) is 11.6. The smallest absolute Gasteiger partial charge is 0.341 e. The van der Waals surface area contributed by atoms with E-state index in [0.29, 0.717) is 15.7 Å². The summed E-state index contributed by atoms with van der Waals surface area (Å²) in [5.74, 6) is -0.665. The van der Waals surface area contributed by atoms with Crippen molar-refractivity contribution < 1.29 is 14.3 Å². The summed E-state index contributed by atoms with van der Waals surface area (Å²) in [5, 5.41) is 17.3. The van der Waals surface area contributed by atoms with Gasteiger partial charge in [-0.3, -0.25) is 4.79 Å². The van der Waals surface area contributed by atoms with E-state index < -0.39 is 5.97 Å². The summed E-state index contributed by atoms with van der Waals surface area (Å²) in [6, 6.07) is 19.0. The van der Waals surface area contributed by atoms with Crippen molar-refractivity contribution in [1.82, 2.24) is 20.2 Å². The third-order valence-electron chi connectivity index (χ3n) is 4.38. The highest BCUT2D eigenvalue weighted by Crippen LogP contribution is 2.36. The average molecular weight is 466 g/mol. The van der Waals surface area contributed by atoms with E-state index in [1.807, 2.05) is 66.0 Å². The van der Waals surface area contributed by atoms with E-state index >= 15 is 0 Å². The fourth-order valence-electron chi connectivity index (χ4n) is 2.98. The molecule has 0 saturated carbocycles. The zero-order valence-electron chi connectivity index (χ0n) is 17.1. The summed E-state index contributed by atoms with van der Waals surface area (Å²) in [4.78, 5) is 25.3. The van der Waals surface area contributed by atoms with E-state index in [1.165, 1.54) is 23.1 Å². The van der Waals surface area contributed by atoms with Gasteiger partial charge in [0, 0.05) is 10.9 Å². The molecule has 0 atom stereocenters. The standard InChI is InChI=1S/C22H19N5O3S2/c1-2-30-21(29)19-17(15-9-5-3-6-10-15)13-31-20(19)23-18(28)14-32-22-24-25-26-27(22)16-11-7-4-8-12-16/h3-13H,2,14H2,1H3,(H,23,28). The van der Waals surface area contributed by atoms with Gasteiger partial charge < -0.3 is 10.1 Å². The summed E-state index contributed by atoms with van der Waals surface area (Å²) >= 11 is 2.50. The minimum absolute atomic E-state index is 0.0774. The molecule has 8 nitrogen and oxygen atoms in total. The largest absolute Gasteiger partial charge is 0.462 e. The predicted molar refractivity (Wildman–Crippen MR) is 124 cm³/mol. The maximum absolute atomic E-state index is 12.7. The van der Waals surface area contributed by atoms with Crippen molar-refractivity contribution in [3.8, 4) is 16.8 Å². The number of para-hydroxylation sites is 1. The number of nitrogens with zero attached hydrogens (tertiary/aromatic N) is 4. The van der Waals surface area contributed by atoms with Gasteiger partial charge >= 0.3 is 5.97 Å². The van der Waals surface area contributed by atoms with Crippen molar-refractivity contribution in [2.24, 2.45) is 0 Å². The van der Waals surface area contributed by atoms with E-state index in [9.17, 15) is 9.59 Å². The third kappa shape index (κ3) is 4.87. The number of rotatable bonds is 8. The fraction of sp³-hybridized carbons (Fsp3) is 0.136. The Hall–Kier alpha value is -3.50. The van der Waals surface area contributed by atoms with Crippen molar-refractivity contribution in [3.05, 3.63) is 71.6 Å². The Labute approximate surface area is 192 Å². The van der Waals surface area contributed by atoms with Crippen LogP contribution in [0.5, 0.6) is 0 Å². The third-order valence-corrected chi connectivity index (χ3v) is 6.20. The molecule has 10 heteroatoms. The number of hydrogen-bond donors (Lipinski definition) is 1. The molecule has 0 aliphatic rings. The van der Waals surface area contributed by atoms with E-state index in [2.05, 4.69) is 20.8 Å². The summed E-state index contributed by atoms with van der Waals surface area (Å²) in [5.41, 5.74) is 2.76. The fourth-order valence-corrected chi connectivity index (χ4v) is 4.64. The number of amides is 1. The monoisotopic (exact) mass is 465 g/mol. The molecule has 0 unspecified atom stereocenters. The normalized spacial score (nSPS) is 10.7. The lowest BCUT2D eigenvalue weighted by molar-refractivity contribution is -0.113. The van der Waals surface area contributed by atoms with Crippen LogP contribution in [0.1, 0.15) is 17.3 Å². The number of aromatic nitrogens is 4. The van der Waals surface area contributed by atoms with Crippen molar-refractivity contribution in [1.29, 1.82) is 0 Å². The molecule has 0 radical (unpaired) electrons. The molecule has 2 aromatic carbocycles. The number of tetrazole rings is 1. The van der Waals surface area contributed by atoms with Crippen LogP contribution in [0, 0.1) is 0 Å². The van der Waals surface area contributed by atoms with Crippen LogP contribution in [-0.4, -0.2) is 44.4 Å². The number of nitrogens with one attached hydrogen (secondary N) is 1. The van der Waals surface area contributed by atoms with Crippen molar-refractivity contribution in [2.45, 2.75) is 12.1 Å². The van der Waals surface area contributed by atoms with Gasteiger partial charge in [0.15, 0.2) is 0 Å². The molecular formula is C22H19N5O3S2. The number of thioether (sulfide) groups is 1. The first-order valence-electron chi connectivity index (χ1n) is 9.78. The van der Waals surface area contributed by atoms with Crippen molar-refractivity contribution >= 4 is 40.0 Å². The van der Waals surface area contributed by atoms with Crippen LogP contribution in [0.4, 0.5) is 5.00 Å². The van der Waals surface area contributed by atoms with Crippen LogP contribution in [0.25, 0.3) is 16.8 Å². The highest BCUT2D eigenvalue weighted by molar-refractivity contribution is 7.99. The lowest BCUT2D eigenvalue weighted by Crippen LogP contribution is -2.16. The molecule has 0 bridgehead atoms. The number of anilines is 1. The minimum Gasteiger partial charge on any atom is -0.462 e. The van der Waals surface area contributed by atoms with Gasteiger partial charge in [0.05, 0.1) is 18.0 Å². The quantitative estimate of drug-likeness (QED) is 0.306. The molecule has 1 amide bonds. The van der Waals surface area contributed by atoms with Crippen LogP contribution < -0.4 is 5.32 Å². The Balaban J connectivity index is 1.50. The number of hydrogen-bond acceptors (Lipinski definition) is 8. The number of ether oxygens (including phenoxy) is 1. The lowest BCUT2D eigenvalue weighted by atomic mass is 10.0. The molecule has 0 spiro atoms. The Morgan fingerprint density at radius 1 is 1.09 bits per heavy atom. The molecule has 162 valence electrons. The number of benzene rings is 2. The highest BCUT2D eigenvalue weighted by Gasteiger charge is 2.23. The van der Waals surface area contributed by atoms with Gasteiger partial charge in [-0.05, 0) is 35.0 Å². The molecule has 1 N–H and O–H groups in total. The SMILES string of the molecule is CCOC(=O)c1c(-c2ccccc2)csc1NC(=O)CSc1nnnn1-c1ccccc1. The highest BCUT2D eigenvalue weighted by atomic mass is 32.2. The topological polar surface area (TPSA) is 99.0 Å². The van der Waals surface area contributed by atoms with Gasteiger partial charge in [-0.1, -0.05) is 60.3 Å². The second kappa shape index (κ2) is 10.2. The number of carbonyl (C=O) groups is 2. The number of thiophene rings is 1. The summed E-state index contributed by atoms with van der Waals surface area (Å²) < 4.78 is 6.81. The second-order valence-corrected chi connectivity index (χ2v) is 8.31. The number of carbonyl (C=O) groups excluding carboxylic acids is 2. The Kier molecular flexibility index (Phi) is 6.93. The minimum atomic E-state index is -0.469. The zero-order valence-corrected chi connectivity index (χ0v) is 18.7. The van der Waals surface area contributed by atoms with E-state index in [1.54, 1.807) is 11.6 Å². The maximum atomic E-state index is 12.7. The van der Waals surface area contributed by atoms with Crippen LogP contribution >= 0.6 is 23.1 Å². The van der Waals surface area contributed by atoms with Gasteiger partial charge in [0.2, 0.25) is 11.1 Å². The molecule has 0 aliphatic carbocycles. The Bertz CT molecular complexity index is 1210. The average Bonchev–Trinajstić information content (AvgIpc) is 3.46. The summed E-state index contributed by atoms with van der Waals surface area (Å²) in [6.07, 6.45) is 0. The molecule has 0 fully saturated rings. The molecule has 0 saturated heterocycles.